The first-order valence-electron chi connectivity index (χ1n) is 5.28. The molecule has 0 aliphatic carbocycles. The van der Waals surface area contributed by atoms with Crippen LogP contribution in [-0.2, 0) is 19.4 Å². The summed E-state index contributed by atoms with van der Waals surface area (Å²) in [6.45, 7) is 2.88. The first kappa shape index (κ1) is 14.4. The van der Waals surface area contributed by atoms with Crippen LogP contribution in [0.1, 0.15) is 18.9 Å². The van der Waals surface area contributed by atoms with Gasteiger partial charge in [0, 0.05) is 0 Å². The Labute approximate surface area is 105 Å². The van der Waals surface area contributed by atoms with Crippen molar-refractivity contribution in [1.82, 2.24) is 0 Å². The minimum absolute atomic E-state index is 0.0328. The number of carbonyl (C=O) groups is 2. The van der Waals surface area contributed by atoms with Crippen molar-refractivity contribution in [3.8, 4) is 0 Å². The lowest BCUT2D eigenvalue weighted by Crippen LogP contribution is -2.31. The van der Waals surface area contributed by atoms with Crippen LogP contribution in [0, 0.1) is 6.92 Å². The Hall–Kier alpha value is -1.69. The van der Waals surface area contributed by atoms with Crippen LogP contribution in [0.2, 0.25) is 0 Å². The molecule has 1 aromatic rings. The predicted molar refractivity (Wildman–Crippen MR) is 65.1 cm³/mol. The molecule has 1 atom stereocenters. The number of benzene rings is 1. The minimum Gasteiger partial charge on any atom is -0.481 e. The largest absolute Gasteiger partial charge is 0.481 e. The van der Waals surface area contributed by atoms with Crippen molar-refractivity contribution in [1.29, 1.82) is 0 Å². The van der Waals surface area contributed by atoms with Gasteiger partial charge in [-0.1, -0.05) is 17.7 Å². The maximum Gasteiger partial charge on any atom is 0.305 e. The number of carbonyl (C=O) groups excluding carboxylic acids is 1. The molecule has 98 valence electrons. The molecule has 0 spiro atoms. The number of hydrogen-bond acceptors (Lipinski definition) is 4. The molecular formula is C12H14O5S. The van der Waals surface area contributed by atoms with Crippen LogP contribution in [0.3, 0.4) is 0 Å². The Bertz CT molecular complexity index is 557. The molecule has 1 aromatic carbocycles. The molecule has 1 unspecified atom stereocenters. The van der Waals surface area contributed by atoms with E-state index in [1.54, 1.807) is 19.1 Å². The van der Waals surface area contributed by atoms with Crippen LogP contribution in [0.4, 0.5) is 0 Å². The van der Waals surface area contributed by atoms with Crippen LogP contribution in [0.5, 0.6) is 0 Å². The van der Waals surface area contributed by atoms with E-state index >= 15 is 0 Å². The summed E-state index contributed by atoms with van der Waals surface area (Å²) in [5, 5.41) is 7.14. The molecule has 0 fully saturated rings. The van der Waals surface area contributed by atoms with Crippen LogP contribution in [-0.4, -0.2) is 30.5 Å². The fourth-order valence-electron chi connectivity index (χ4n) is 1.52. The fraction of sp³-hybridized carbons (Fsp3) is 0.333. The van der Waals surface area contributed by atoms with Crippen molar-refractivity contribution in [2.75, 3.05) is 0 Å². The van der Waals surface area contributed by atoms with Gasteiger partial charge in [-0.15, -0.1) is 0 Å². The Morgan fingerprint density at radius 3 is 2.11 bits per heavy atom. The zero-order chi connectivity index (χ0) is 13.9. The Kier molecular flexibility index (Phi) is 4.24. The average Bonchev–Trinajstić information content (AvgIpc) is 2.25. The van der Waals surface area contributed by atoms with E-state index in [1.807, 2.05) is 0 Å². The predicted octanol–water partition coefficient (Wildman–Crippen LogP) is 1.20. The lowest BCUT2D eigenvalue weighted by molar-refractivity contribution is -0.138. The van der Waals surface area contributed by atoms with Gasteiger partial charge in [-0.3, -0.25) is 9.59 Å². The third-order valence-corrected chi connectivity index (χ3v) is 4.71. The van der Waals surface area contributed by atoms with Gasteiger partial charge < -0.3 is 5.11 Å². The van der Waals surface area contributed by atoms with Crippen LogP contribution >= 0.6 is 0 Å². The Balaban J connectivity index is 3.21. The molecular weight excluding hydrogens is 256 g/mol. The zero-order valence-corrected chi connectivity index (χ0v) is 10.9. The minimum atomic E-state index is -3.94. The van der Waals surface area contributed by atoms with Crippen molar-refractivity contribution in [3.63, 3.8) is 0 Å². The highest BCUT2D eigenvalue weighted by atomic mass is 32.2. The van der Waals surface area contributed by atoms with Gasteiger partial charge in [0.2, 0.25) is 0 Å². The van der Waals surface area contributed by atoms with Gasteiger partial charge >= 0.3 is 5.97 Å². The quantitative estimate of drug-likeness (QED) is 0.868. The highest BCUT2D eigenvalue weighted by Crippen LogP contribution is 2.19. The number of hydrogen-bond donors (Lipinski definition) is 1. The summed E-state index contributed by atoms with van der Waals surface area (Å²) < 4.78 is 24.3. The van der Waals surface area contributed by atoms with E-state index in [9.17, 15) is 18.0 Å². The smallest absolute Gasteiger partial charge is 0.305 e. The average molecular weight is 270 g/mol. The number of ketones is 1. The lowest BCUT2D eigenvalue weighted by atomic mass is 10.2. The monoisotopic (exact) mass is 270 g/mol. The molecule has 1 N–H and O–H groups in total. The van der Waals surface area contributed by atoms with Crippen molar-refractivity contribution in [2.24, 2.45) is 0 Å². The summed E-state index contributed by atoms with van der Waals surface area (Å²) in [4.78, 5) is 21.9. The van der Waals surface area contributed by atoms with Gasteiger partial charge in [-0.2, -0.15) is 0 Å². The molecule has 0 heterocycles. The van der Waals surface area contributed by atoms with Gasteiger partial charge in [0.25, 0.3) is 0 Å². The molecule has 0 aliphatic rings. The van der Waals surface area contributed by atoms with Gasteiger partial charge in [0.15, 0.2) is 9.84 Å². The standard InChI is InChI=1S/C12H14O5S/c1-8-3-5-10(6-4-8)18(16,17)11(9(2)13)7-12(14)15/h3-6,11H,7H2,1-2H3,(H,14,15). The summed E-state index contributed by atoms with van der Waals surface area (Å²) in [6.07, 6.45) is -0.717. The SMILES string of the molecule is CC(=O)C(CC(=O)O)S(=O)(=O)c1ccc(C)cc1. The maximum atomic E-state index is 12.1. The van der Waals surface area contributed by atoms with E-state index < -0.39 is 33.3 Å². The molecule has 1 rings (SSSR count). The summed E-state index contributed by atoms with van der Waals surface area (Å²) in [5.74, 6) is -1.98. The number of rotatable bonds is 5. The number of carboxylic acids is 1. The van der Waals surface area contributed by atoms with E-state index in [4.69, 9.17) is 5.11 Å². The molecule has 6 heteroatoms. The number of aryl methyl sites for hydroxylation is 1. The molecule has 0 bridgehead atoms. The molecule has 0 saturated carbocycles. The fourth-order valence-corrected chi connectivity index (χ4v) is 3.17. The third-order valence-electron chi connectivity index (χ3n) is 2.54. The topological polar surface area (TPSA) is 88.5 Å². The van der Waals surface area contributed by atoms with Gasteiger partial charge in [-0.05, 0) is 26.0 Å². The molecule has 0 aliphatic heterocycles. The van der Waals surface area contributed by atoms with Gasteiger partial charge in [0.1, 0.15) is 11.0 Å². The second-order valence-electron chi connectivity index (χ2n) is 4.06. The lowest BCUT2D eigenvalue weighted by Gasteiger charge is -2.13. The number of carboxylic acid groups (broad SMARTS) is 1. The van der Waals surface area contributed by atoms with Crippen LogP contribution in [0.25, 0.3) is 0 Å². The second kappa shape index (κ2) is 5.30. The molecule has 0 radical (unpaired) electrons. The first-order chi connectivity index (χ1) is 8.25. The maximum absolute atomic E-state index is 12.1. The van der Waals surface area contributed by atoms with Crippen molar-refractivity contribution < 1.29 is 23.1 Å². The first-order valence-corrected chi connectivity index (χ1v) is 6.82. The number of sulfone groups is 1. The van der Waals surface area contributed by atoms with Crippen LogP contribution in [0.15, 0.2) is 29.2 Å². The van der Waals surface area contributed by atoms with E-state index in [2.05, 4.69) is 0 Å². The zero-order valence-electron chi connectivity index (χ0n) is 10.1. The molecule has 18 heavy (non-hydrogen) atoms. The van der Waals surface area contributed by atoms with Gasteiger partial charge in [-0.25, -0.2) is 8.42 Å². The number of Topliss-reactive ketones (excluding diaryl/α,β-unsaturated/α-hetero) is 1. The number of aliphatic carboxylic acids is 1. The summed E-state index contributed by atoms with van der Waals surface area (Å²) >= 11 is 0. The Morgan fingerprint density at radius 1 is 1.22 bits per heavy atom. The van der Waals surface area contributed by atoms with E-state index in [0.29, 0.717) is 0 Å². The highest BCUT2D eigenvalue weighted by molar-refractivity contribution is 7.92. The Morgan fingerprint density at radius 2 is 1.72 bits per heavy atom. The van der Waals surface area contributed by atoms with E-state index in [1.165, 1.54) is 12.1 Å². The normalized spacial score (nSPS) is 13.0. The van der Waals surface area contributed by atoms with Crippen molar-refractivity contribution in [3.05, 3.63) is 29.8 Å². The molecule has 0 amide bonds. The van der Waals surface area contributed by atoms with Crippen LogP contribution < -0.4 is 0 Å². The molecule has 0 aromatic heterocycles. The summed E-state index contributed by atoms with van der Waals surface area (Å²) in [6, 6.07) is 5.96. The van der Waals surface area contributed by atoms with Crippen molar-refractivity contribution >= 4 is 21.6 Å². The summed E-state index contributed by atoms with van der Waals surface area (Å²) in [7, 11) is -3.94. The van der Waals surface area contributed by atoms with E-state index in [-0.39, 0.29) is 4.90 Å². The third kappa shape index (κ3) is 3.16. The molecule has 5 nitrogen and oxygen atoms in total. The summed E-state index contributed by atoms with van der Waals surface area (Å²) in [5.41, 5.74) is 0.881. The highest BCUT2D eigenvalue weighted by Gasteiger charge is 2.33. The van der Waals surface area contributed by atoms with E-state index in [0.717, 1.165) is 12.5 Å². The van der Waals surface area contributed by atoms with Gasteiger partial charge in [0.05, 0.1) is 11.3 Å². The van der Waals surface area contributed by atoms with Crippen molar-refractivity contribution in [2.45, 2.75) is 30.4 Å². The molecule has 0 saturated heterocycles. The second-order valence-corrected chi connectivity index (χ2v) is 6.19.